The van der Waals surface area contributed by atoms with Gasteiger partial charge < -0.3 is 10.1 Å². The normalized spacial score (nSPS) is 12.3. The van der Waals surface area contributed by atoms with Gasteiger partial charge >= 0.3 is 6.09 Å². The molecule has 0 aliphatic rings. The molecule has 1 N–H and O–H groups in total. The zero-order valence-electron chi connectivity index (χ0n) is 17.5. The number of pyridine rings is 1. The van der Waals surface area contributed by atoms with Crippen LogP contribution in [0, 0.1) is 11.6 Å². The lowest BCUT2D eigenvalue weighted by atomic mass is 9.89. The average molecular weight is 445 g/mol. The second-order valence-corrected chi connectivity index (χ2v) is 8.52. The summed E-state index contributed by atoms with van der Waals surface area (Å²) in [6, 6.07) is 14.1. The van der Waals surface area contributed by atoms with Gasteiger partial charge in [-0.3, -0.25) is 4.98 Å². The van der Waals surface area contributed by atoms with Crippen LogP contribution in [0.2, 0.25) is 5.02 Å². The number of nitrogens with zero attached hydrogens (tertiary/aromatic N) is 1. The number of alkyl carbamates (subject to hydrolysis) is 1. The van der Waals surface area contributed by atoms with Crippen LogP contribution in [-0.2, 0) is 4.74 Å². The molecule has 0 bridgehead atoms. The average Bonchev–Trinajstić information content (AvgIpc) is 2.67. The smallest absolute Gasteiger partial charge is 0.407 e. The third-order valence-corrected chi connectivity index (χ3v) is 4.71. The summed E-state index contributed by atoms with van der Waals surface area (Å²) in [4.78, 5) is 16.7. The number of hydrogen-bond acceptors (Lipinski definition) is 3. The van der Waals surface area contributed by atoms with Gasteiger partial charge in [-0.25, -0.2) is 13.6 Å². The van der Waals surface area contributed by atoms with Gasteiger partial charge in [0.15, 0.2) is 0 Å². The number of ether oxygens (including phenoxy) is 1. The molecule has 162 valence electrons. The molecule has 1 aromatic heterocycles. The Labute approximate surface area is 185 Å². The minimum Gasteiger partial charge on any atom is -0.444 e. The SMILES string of the molecule is CC(C)(C)OC(=O)NCC(c1cc(F)cc(F)c1)c1ncccc1-c1ccc(Cl)cc1. The van der Waals surface area contributed by atoms with Crippen LogP contribution in [0.4, 0.5) is 13.6 Å². The Morgan fingerprint density at radius 1 is 1.10 bits per heavy atom. The van der Waals surface area contributed by atoms with E-state index in [1.807, 2.05) is 18.2 Å². The van der Waals surface area contributed by atoms with Gasteiger partial charge in [0.05, 0.1) is 5.69 Å². The van der Waals surface area contributed by atoms with Crippen molar-refractivity contribution in [2.24, 2.45) is 0 Å². The molecule has 4 nitrogen and oxygen atoms in total. The van der Waals surface area contributed by atoms with E-state index >= 15 is 0 Å². The quantitative estimate of drug-likeness (QED) is 0.499. The molecule has 0 spiro atoms. The Kier molecular flexibility index (Phi) is 6.91. The van der Waals surface area contributed by atoms with E-state index in [1.165, 1.54) is 12.1 Å². The van der Waals surface area contributed by atoms with Gasteiger partial charge in [-0.1, -0.05) is 29.8 Å². The van der Waals surface area contributed by atoms with E-state index in [2.05, 4.69) is 10.3 Å². The van der Waals surface area contributed by atoms with Crippen LogP contribution in [0.3, 0.4) is 0 Å². The molecule has 1 amide bonds. The summed E-state index contributed by atoms with van der Waals surface area (Å²) >= 11 is 6.01. The summed E-state index contributed by atoms with van der Waals surface area (Å²) in [6.45, 7) is 5.30. The molecular weight excluding hydrogens is 422 g/mol. The van der Waals surface area contributed by atoms with Gasteiger partial charge in [0.1, 0.15) is 17.2 Å². The predicted octanol–water partition coefficient (Wildman–Crippen LogP) is 6.34. The van der Waals surface area contributed by atoms with Crippen LogP contribution >= 0.6 is 11.6 Å². The summed E-state index contributed by atoms with van der Waals surface area (Å²) in [5.74, 6) is -2.04. The highest BCUT2D eigenvalue weighted by Gasteiger charge is 2.24. The standard InChI is InChI=1S/C24H23ClF2N2O2/c1-24(2,3)31-23(30)29-14-21(16-11-18(26)13-19(27)12-16)22-20(5-4-10-28-22)15-6-8-17(25)9-7-15/h4-13,21H,14H2,1-3H3,(H,29,30). The Morgan fingerprint density at radius 2 is 1.74 bits per heavy atom. The third kappa shape index (κ3) is 6.25. The largest absolute Gasteiger partial charge is 0.444 e. The molecule has 7 heteroatoms. The molecule has 3 aromatic rings. The highest BCUT2D eigenvalue weighted by molar-refractivity contribution is 6.30. The maximum atomic E-state index is 14.0. The van der Waals surface area contributed by atoms with E-state index in [4.69, 9.17) is 16.3 Å². The van der Waals surface area contributed by atoms with E-state index in [9.17, 15) is 13.6 Å². The van der Waals surface area contributed by atoms with Crippen molar-refractivity contribution in [3.05, 3.63) is 88.7 Å². The molecule has 0 saturated carbocycles. The summed E-state index contributed by atoms with van der Waals surface area (Å²) in [7, 11) is 0. The van der Waals surface area contributed by atoms with Crippen molar-refractivity contribution in [1.82, 2.24) is 10.3 Å². The van der Waals surface area contributed by atoms with Crippen molar-refractivity contribution in [1.29, 1.82) is 0 Å². The first-order chi connectivity index (χ1) is 14.6. The van der Waals surface area contributed by atoms with Gasteiger partial charge in [-0.2, -0.15) is 0 Å². The van der Waals surface area contributed by atoms with Gasteiger partial charge in [0.25, 0.3) is 0 Å². The van der Waals surface area contributed by atoms with Crippen molar-refractivity contribution in [2.45, 2.75) is 32.3 Å². The van der Waals surface area contributed by atoms with E-state index in [0.717, 1.165) is 17.2 Å². The lowest BCUT2D eigenvalue weighted by Crippen LogP contribution is -2.35. The molecule has 0 fully saturated rings. The van der Waals surface area contributed by atoms with E-state index in [0.29, 0.717) is 16.3 Å². The predicted molar refractivity (Wildman–Crippen MR) is 117 cm³/mol. The fourth-order valence-corrected chi connectivity index (χ4v) is 3.34. The fraction of sp³-hybridized carbons (Fsp3) is 0.250. The monoisotopic (exact) mass is 444 g/mol. The van der Waals surface area contributed by atoms with Crippen LogP contribution in [0.5, 0.6) is 0 Å². The highest BCUT2D eigenvalue weighted by atomic mass is 35.5. The fourth-order valence-electron chi connectivity index (χ4n) is 3.22. The van der Waals surface area contributed by atoms with Crippen LogP contribution in [0.25, 0.3) is 11.1 Å². The molecule has 1 atom stereocenters. The Balaban J connectivity index is 2.02. The molecule has 0 saturated heterocycles. The summed E-state index contributed by atoms with van der Waals surface area (Å²) in [5, 5.41) is 3.28. The molecule has 0 aliphatic heterocycles. The zero-order valence-corrected chi connectivity index (χ0v) is 18.2. The molecule has 0 radical (unpaired) electrons. The number of rotatable bonds is 5. The zero-order chi connectivity index (χ0) is 22.6. The van der Waals surface area contributed by atoms with E-state index in [1.54, 1.807) is 45.2 Å². The van der Waals surface area contributed by atoms with Gasteiger partial charge in [-0.05, 0) is 62.2 Å². The van der Waals surface area contributed by atoms with Gasteiger partial charge in [0, 0.05) is 35.3 Å². The molecule has 3 rings (SSSR count). The van der Waals surface area contributed by atoms with Crippen LogP contribution < -0.4 is 5.32 Å². The summed E-state index contributed by atoms with van der Waals surface area (Å²) < 4.78 is 33.3. The Hall–Kier alpha value is -2.99. The Bertz CT molecular complexity index is 1050. The van der Waals surface area contributed by atoms with Crippen LogP contribution in [0.1, 0.15) is 37.9 Å². The van der Waals surface area contributed by atoms with Crippen molar-refractivity contribution in [3.8, 4) is 11.1 Å². The second-order valence-electron chi connectivity index (χ2n) is 8.08. The van der Waals surface area contributed by atoms with Crippen molar-refractivity contribution in [3.63, 3.8) is 0 Å². The number of nitrogens with one attached hydrogen (secondary N) is 1. The van der Waals surface area contributed by atoms with Crippen LogP contribution in [-0.4, -0.2) is 23.2 Å². The van der Waals surface area contributed by atoms with Crippen molar-refractivity contribution in [2.75, 3.05) is 6.54 Å². The Morgan fingerprint density at radius 3 is 2.35 bits per heavy atom. The lowest BCUT2D eigenvalue weighted by Gasteiger charge is -2.23. The van der Waals surface area contributed by atoms with Crippen LogP contribution in [0.15, 0.2) is 60.8 Å². The molecule has 1 unspecified atom stereocenters. The topological polar surface area (TPSA) is 51.2 Å². The van der Waals surface area contributed by atoms with Gasteiger partial charge in [-0.15, -0.1) is 0 Å². The number of aromatic nitrogens is 1. The maximum absolute atomic E-state index is 14.0. The number of carbonyl (C=O) groups excluding carboxylic acids is 1. The molecule has 0 aliphatic carbocycles. The number of hydrogen-bond donors (Lipinski definition) is 1. The minimum atomic E-state index is -0.707. The molecule has 31 heavy (non-hydrogen) atoms. The maximum Gasteiger partial charge on any atom is 0.407 e. The minimum absolute atomic E-state index is 0.0371. The second kappa shape index (κ2) is 9.43. The molecular formula is C24H23ClF2N2O2. The van der Waals surface area contributed by atoms with Crippen molar-refractivity contribution >= 4 is 17.7 Å². The number of benzene rings is 2. The van der Waals surface area contributed by atoms with E-state index < -0.39 is 29.2 Å². The summed E-state index contributed by atoms with van der Waals surface area (Å²) in [6.07, 6.45) is 0.976. The first kappa shape index (κ1) is 22.7. The lowest BCUT2D eigenvalue weighted by molar-refractivity contribution is 0.0526. The number of halogens is 3. The molecule has 2 aromatic carbocycles. The third-order valence-electron chi connectivity index (χ3n) is 4.46. The first-order valence-corrected chi connectivity index (χ1v) is 10.1. The first-order valence-electron chi connectivity index (χ1n) is 9.76. The van der Waals surface area contributed by atoms with E-state index in [-0.39, 0.29) is 6.54 Å². The number of carbonyl (C=O) groups is 1. The highest BCUT2D eigenvalue weighted by Crippen LogP contribution is 2.33. The number of amides is 1. The molecule has 1 heterocycles. The van der Waals surface area contributed by atoms with Gasteiger partial charge in [0.2, 0.25) is 0 Å². The summed E-state index contributed by atoms with van der Waals surface area (Å²) in [5.41, 5.74) is 1.84. The van der Waals surface area contributed by atoms with Crippen molar-refractivity contribution < 1.29 is 18.3 Å².